The summed E-state index contributed by atoms with van der Waals surface area (Å²) in [7, 11) is 0. The van der Waals surface area contributed by atoms with Crippen LogP contribution in [0, 0.1) is 5.92 Å². The number of nitrogens with one attached hydrogen (secondary N) is 2. The SMILES string of the molecule is CC(C)COc1ccc(/C=N\NC(=O)Nc2ccccc2)cc1. The highest BCUT2D eigenvalue weighted by atomic mass is 16.5. The first-order valence-corrected chi connectivity index (χ1v) is 7.51. The number of para-hydroxylation sites is 1. The molecule has 0 saturated carbocycles. The Morgan fingerprint density at radius 1 is 1.13 bits per heavy atom. The highest BCUT2D eigenvalue weighted by Crippen LogP contribution is 2.12. The van der Waals surface area contributed by atoms with E-state index >= 15 is 0 Å². The van der Waals surface area contributed by atoms with Crippen LogP contribution in [0.15, 0.2) is 59.7 Å². The Morgan fingerprint density at radius 3 is 2.48 bits per heavy atom. The van der Waals surface area contributed by atoms with E-state index in [-0.39, 0.29) is 6.03 Å². The van der Waals surface area contributed by atoms with E-state index in [1.165, 1.54) is 0 Å². The number of ether oxygens (including phenoxy) is 1. The monoisotopic (exact) mass is 311 g/mol. The van der Waals surface area contributed by atoms with Crippen LogP contribution in [0.4, 0.5) is 10.5 Å². The van der Waals surface area contributed by atoms with E-state index in [2.05, 4.69) is 29.7 Å². The van der Waals surface area contributed by atoms with Gasteiger partial charge in [0.25, 0.3) is 0 Å². The van der Waals surface area contributed by atoms with Crippen molar-refractivity contribution in [2.45, 2.75) is 13.8 Å². The number of hydrogen-bond donors (Lipinski definition) is 2. The number of amides is 2. The first kappa shape index (κ1) is 16.5. The Kier molecular flexibility index (Phi) is 6.17. The lowest BCUT2D eigenvalue weighted by atomic mass is 10.2. The number of hydrogen-bond acceptors (Lipinski definition) is 3. The molecule has 5 nitrogen and oxygen atoms in total. The van der Waals surface area contributed by atoms with E-state index in [1.807, 2.05) is 42.5 Å². The average molecular weight is 311 g/mol. The van der Waals surface area contributed by atoms with Gasteiger partial charge in [0.2, 0.25) is 0 Å². The number of carbonyl (C=O) groups is 1. The van der Waals surface area contributed by atoms with Gasteiger partial charge in [0, 0.05) is 5.69 Å². The van der Waals surface area contributed by atoms with Crippen LogP contribution in [0.1, 0.15) is 19.4 Å². The van der Waals surface area contributed by atoms with E-state index < -0.39 is 0 Å². The van der Waals surface area contributed by atoms with Crippen LogP contribution < -0.4 is 15.5 Å². The Labute approximate surface area is 136 Å². The predicted octanol–water partition coefficient (Wildman–Crippen LogP) is 3.88. The van der Waals surface area contributed by atoms with Gasteiger partial charge in [0.1, 0.15) is 5.75 Å². The van der Waals surface area contributed by atoms with Crippen molar-refractivity contribution in [2.24, 2.45) is 11.0 Å². The molecule has 0 atom stereocenters. The predicted molar refractivity (Wildman–Crippen MR) is 93.0 cm³/mol. The van der Waals surface area contributed by atoms with E-state index in [1.54, 1.807) is 18.3 Å². The zero-order valence-corrected chi connectivity index (χ0v) is 13.3. The molecule has 2 aromatic rings. The fourth-order valence-electron chi connectivity index (χ4n) is 1.76. The standard InChI is InChI=1S/C18H21N3O2/c1-14(2)13-23-17-10-8-15(9-11-17)12-19-21-18(22)20-16-6-4-3-5-7-16/h3-12,14H,13H2,1-2H3,(H2,20,21,22)/b19-12-. The molecule has 0 spiro atoms. The molecule has 5 heteroatoms. The van der Waals surface area contributed by atoms with Gasteiger partial charge < -0.3 is 10.1 Å². The third-order valence-corrected chi connectivity index (χ3v) is 2.87. The van der Waals surface area contributed by atoms with Crippen LogP contribution >= 0.6 is 0 Å². The Bertz CT molecular complexity index is 637. The van der Waals surface area contributed by atoms with Crippen molar-refractivity contribution in [3.05, 3.63) is 60.2 Å². The molecule has 0 aliphatic rings. The van der Waals surface area contributed by atoms with Crippen molar-refractivity contribution in [3.63, 3.8) is 0 Å². The lowest BCUT2D eigenvalue weighted by molar-refractivity contribution is 0.252. The molecule has 0 aliphatic heterocycles. The zero-order chi connectivity index (χ0) is 16.5. The van der Waals surface area contributed by atoms with Crippen LogP contribution in [0.3, 0.4) is 0 Å². The van der Waals surface area contributed by atoms with Gasteiger partial charge in [-0.15, -0.1) is 0 Å². The molecule has 0 fully saturated rings. The summed E-state index contributed by atoms with van der Waals surface area (Å²) in [6, 6.07) is 16.3. The number of hydrazone groups is 1. The number of anilines is 1. The van der Waals surface area contributed by atoms with Crippen LogP contribution in [0.5, 0.6) is 5.75 Å². The summed E-state index contributed by atoms with van der Waals surface area (Å²) < 4.78 is 5.61. The second kappa shape index (κ2) is 8.58. The fourth-order valence-corrected chi connectivity index (χ4v) is 1.76. The van der Waals surface area contributed by atoms with Crippen LogP contribution in [0.2, 0.25) is 0 Å². The molecule has 0 heterocycles. The smallest absolute Gasteiger partial charge is 0.339 e. The molecule has 23 heavy (non-hydrogen) atoms. The molecule has 2 rings (SSSR count). The second-order valence-corrected chi connectivity index (χ2v) is 5.46. The molecule has 0 radical (unpaired) electrons. The summed E-state index contributed by atoms with van der Waals surface area (Å²) in [6.45, 7) is 4.90. The van der Waals surface area contributed by atoms with Crippen molar-refractivity contribution >= 4 is 17.9 Å². The summed E-state index contributed by atoms with van der Waals surface area (Å²) in [4.78, 5) is 11.6. The largest absolute Gasteiger partial charge is 0.493 e. The van der Waals surface area contributed by atoms with Gasteiger partial charge in [0.05, 0.1) is 12.8 Å². The normalized spacial score (nSPS) is 10.7. The highest BCUT2D eigenvalue weighted by molar-refractivity contribution is 5.90. The molecule has 2 aromatic carbocycles. The first-order chi connectivity index (χ1) is 11.1. The highest BCUT2D eigenvalue weighted by Gasteiger charge is 1.99. The topological polar surface area (TPSA) is 62.7 Å². The maximum atomic E-state index is 11.6. The number of rotatable bonds is 6. The van der Waals surface area contributed by atoms with Gasteiger partial charge in [-0.05, 0) is 47.9 Å². The maximum Gasteiger partial charge on any atom is 0.339 e. The maximum absolute atomic E-state index is 11.6. The van der Waals surface area contributed by atoms with Gasteiger partial charge in [-0.3, -0.25) is 0 Å². The van der Waals surface area contributed by atoms with Gasteiger partial charge in [0.15, 0.2) is 0 Å². The fraction of sp³-hybridized carbons (Fsp3) is 0.222. The molecule has 2 N–H and O–H groups in total. The molecule has 2 amide bonds. The molecular formula is C18H21N3O2. The van der Waals surface area contributed by atoms with E-state index in [0.717, 1.165) is 11.3 Å². The molecular weight excluding hydrogens is 290 g/mol. The Hall–Kier alpha value is -2.82. The van der Waals surface area contributed by atoms with Crippen molar-refractivity contribution in [1.29, 1.82) is 0 Å². The number of nitrogens with zero attached hydrogens (tertiary/aromatic N) is 1. The minimum Gasteiger partial charge on any atom is -0.493 e. The van der Waals surface area contributed by atoms with Crippen molar-refractivity contribution < 1.29 is 9.53 Å². The second-order valence-electron chi connectivity index (χ2n) is 5.46. The third kappa shape index (κ3) is 6.22. The van der Waals surface area contributed by atoms with Crippen LogP contribution in [-0.2, 0) is 0 Å². The molecule has 120 valence electrons. The molecule has 0 saturated heterocycles. The summed E-state index contributed by atoms with van der Waals surface area (Å²) in [6.07, 6.45) is 1.58. The van der Waals surface area contributed by atoms with Gasteiger partial charge in [-0.25, -0.2) is 10.2 Å². The van der Waals surface area contributed by atoms with Gasteiger partial charge >= 0.3 is 6.03 Å². The summed E-state index contributed by atoms with van der Waals surface area (Å²) >= 11 is 0. The summed E-state index contributed by atoms with van der Waals surface area (Å²) in [5.41, 5.74) is 4.01. The Balaban J connectivity index is 1.80. The van der Waals surface area contributed by atoms with E-state index in [4.69, 9.17) is 4.74 Å². The first-order valence-electron chi connectivity index (χ1n) is 7.51. The van der Waals surface area contributed by atoms with E-state index in [9.17, 15) is 4.79 Å². The molecule has 0 unspecified atom stereocenters. The lowest BCUT2D eigenvalue weighted by Crippen LogP contribution is -2.24. The quantitative estimate of drug-likeness (QED) is 0.628. The molecule has 0 bridgehead atoms. The van der Waals surface area contributed by atoms with Crippen molar-refractivity contribution in [1.82, 2.24) is 5.43 Å². The molecule has 0 aliphatic carbocycles. The zero-order valence-electron chi connectivity index (χ0n) is 13.3. The van der Waals surface area contributed by atoms with Crippen molar-refractivity contribution in [2.75, 3.05) is 11.9 Å². The van der Waals surface area contributed by atoms with Gasteiger partial charge in [-0.2, -0.15) is 5.10 Å². The number of urea groups is 1. The van der Waals surface area contributed by atoms with E-state index in [0.29, 0.717) is 18.2 Å². The lowest BCUT2D eigenvalue weighted by Gasteiger charge is -2.08. The van der Waals surface area contributed by atoms with Gasteiger partial charge in [-0.1, -0.05) is 32.0 Å². The van der Waals surface area contributed by atoms with Crippen molar-refractivity contribution in [3.8, 4) is 5.75 Å². The van der Waals surface area contributed by atoms with Crippen LogP contribution in [-0.4, -0.2) is 18.9 Å². The summed E-state index contributed by atoms with van der Waals surface area (Å²) in [5.74, 6) is 1.31. The average Bonchev–Trinajstić information content (AvgIpc) is 2.55. The number of benzene rings is 2. The van der Waals surface area contributed by atoms with Crippen LogP contribution in [0.25, 0.3) is 0 Å². The minimum absolute atomic E-state index is 0.385. The Morgan fingerprint density at radius 2 is 1.83 bits per heavy atom. The number of carbonyl (C=O) groups excluding carboxylic acids is 1. The third-order valence-electron chi connectivity index (χ3n) is 2.87. The minimum atomic E-state index is -0.385. The molecule has 0 aromatic heterocycles. The summed E-state index contributed by atoms with van der Waals surface area (Å²) in [5, 5.41) is 6.59.